The van der Waals surface area contributed by atoms with Crippen LogP contribution in [0.2, 0.25) is 0 Å². The first-order valence-electron chi connectivity index (χ1n) is 5.87. The molecule has 1 N–H and O–H groups in total. The lowest BCUT2D eigenvalue weighted by atomic mass is 9.95. The summed E-state index contributed by atoms with van der Waals surface area (Å²) in [5.41, 5.74) is 3.82. The van der Waals surface area contributed by atoms with Crippen LogP contribution in [0, 0.1) is 6.92 Å². The van der Waals surface area contributed by atoms with E-state index in [4.69, 9.17) is 0 Å². The van der Waals surface area contributed by atoms with Crippen molar-refractivity contribution in [3.05, 3.63) is 59.7 Å². The Hall–Kier alpha value is -1.60. The molecule has 1 nitrogen and oxygen atoms in total. The number of hydrogen-bond acceptors (Lipinski definition) is 1. The summed E-state index contributed by atoms with van der Waals surface area (Å²) in [5.74, 6) is 0. The fraction of sp³-hybridized carbons (Fsp3) is 0.250. The molecule has 0 aliphatic carbocycles. The van der Waals surface area contributed by atoms with Crippen molar-refractivity contribution in [3.8, 4) is 11.1 Å². The van der Waals surface area contributed by atoms with Crippen LogP contribution >= 0.6 is 0 Å². The molecule has 0 bridgehead atoms. The minimum Gasteiger partial charge on any atom is -0.386 e. The summed E-state index contributed by atoms with van der Waals surface area (Å²) in [4.78, 5) is 0. The molecular weight excluding hydrogens is 208 g/mol. The van der Waals surface area contributed by atoms with Crippen LogP contribution in [0.1, 0.15) is 25.0 Å². The Labute approximate surface area is 103 Å². The van der Waals surface area contributed by atoms with Gasteiger partial charge < -0.3 is 5.11 Å². The molecule has 2 rings (SSSR count). The molecular formula is C16H18O. The molecule has 0 radical (unpaired) electrons. The van der Waals surface area contributed by atoms with Gasteiger partial charge in [0.2, 0.25) is 0 Å². The van der Waals surface area contributed by atoms with Gasteiger partial charge >= 0.3 is 0 Å². The second-order valence-corrected chi connectivity index (χ2v) is 5.00. The lowest BCUT2D eigenvalue weighted by molar-refractivity contribution is 0.0786. The van der Waals surface area contributed by atoms with Crippen LogP contribution in [0.15, 0.2) is 48.5 Å². The van der Waals surface area contributed by atoms with Crippen molar-refractivity contribution in [1.29, 1.82) is 0 Å². The number of benzene rings is 2. The molecule has 0 aliphatic heterocycles. The summed E-state index contributed by atoms with van der Waals surface area (Å²) < 4.78 is 0. The maximum Gasteiger partial charge on any atom is 0.0840 e. The third-order valence-electron chi connectivity index (χ3n) is 2.98. The second-order valence-electron chi connectivity index (χ2n) is 5.00. The van der Waals surface area contributed by atoms with E-state index in [0.717, 1.165) is 5.56 Å². The van der Waals surface area contributed by atoms with Gasteiger partial charge in [0, 0.05) is 0 Å². The molecule has 0 unspecified atom stereocenters. The quantitative estimate of drug-likeness (QED) is 0.823. The third kappa shape index (κ3) is 2.75. The molecule has 0 heterocycles. The van der Waals surface area contributed by atoms with Gasteiger partial charge in [-0.1, -0.05) is 54.1 Å². The number of aryl methyl sites for hydroxylation is 1. The summed E-state index contributed by atoms with van der Waals surface area (Å²) >= 11 is 0. The highest BCUT2D eigenvalue weighted by atomic mass is 16.3. The fourth-order valence-corrected chi connectivity index (χ4v) is 1.82. The van der Waals surface area contributed by atoms with E-state index < -0.39 is 5.60 Å². The normalized spacial score (nSPS) is 11.5. The summed E-state index contributed by atoms with van der Waals surface area (Å²) in [6, 6.07) is 16.5. The van der Waals surface area contributed by atoms with Gasteiger partial charge in [-0.25, -0.2) is 0 Å². The van der Waals surface area contributed by atoms with Crippen molar-refractivity contribution < 1.29 is 5.11 Å². The highest BCUT2D eigenvalue weighted by molar-refractivity contribution is 5.64. The van der Waals surface area contributed by atoms with Gasteiger partial charge in [0.05, 0.1) is 5.60 Å². The van der Waals surface area contributed by atoms with Crippen molar-refractivity contribution in [2.24, 2.45) is 0 Å². The summed E-state index contributed by atoms with van der Waals surface area (Å²) in [6.07, 6.45) is 0. The van der Waals surface area contributed by atoms with Gasteiger partial charge in [-0.2, -0.15) is 0 Å². The Kier molecular flexibility index (Phi) is 3.03. The minimum absolute atomic E-state index is 0.772. The molecule has 0 spiro atoms. The predicted octanol–water partition coefficient (Wildman–Crippen LogP) is 3.89. The molecule has 0 atom stereocenters. The van der Waals surface area contributed by atoms with Crippen LogP contribution in [0.3, 0.4) is 0 Å². The van der Waals surface area contributed by atoms with Crippen LogP contribution in [0.25, 0.3) is 11.1 Å². The summed E-state index contributed by atoms with van der Waals surface area (Å²) in [7, 11) is 0. The van der Waals surface area contributed by atoms with Crippen LogP contribution in [-0.2, 0) is 5.60 Å². The van der Waals surface area contributed by atoms with Crippen LogP contribution in [0.4, 0.5) is 0 Å². The van der Waals surface area contributed by atoms with E-state index in [1.165, 1.54) is 16.7 Å². The molecule has 0 aliphatic rings. The Balaban J connectivity index is 2.33. The Morgan fingerprint density at radius 3 is 1.59 bits per heavy atom. The topological polar surface area (TPSA) is 20.2 Å². The minimum atomic E-state index is -0.772. The third-order valence-corrected chi connectivity index (χ3v) is 2.98. The van der Waals surface area contributed by atoms with E-state index in [9.17, 15) is 5.11 Å². The van der Waals surface area contributed by atoms with Crippen molar-refractivity contribution in [2.75, 3.05) is 0 Å². The number of hydrogen-bond donors (Lipinski definition) is 1. The smallest absolute Gasteiger partial charge is 0.0840 e. The molecule has 0 saturated heterocycles. The average Bonchev–Trinajstić information content (AvgIpc) is 2.29. The van der Waals surface area contributed by atoms with Crippen LogP contribution < -0.4 is 0 Å². The van der Waals surface area contributed by atoms with Gasteiger partial charge in [0.1, 0.15) is 0 Å². The van der Waals surface area contributed by atoms with Crippen LogP contribution in [0.5, 0.6) is 0 Å². The highest BCUT2D eigenvalue weighted by Crippen LogP contribution is 2.24. The molecule has 88 valence electrons. The largest absolute Gasteiger partial charge is 0.386 e. The van der Waals surface area contributed by atoms with E-state index in [1.807, 2.05) is 12.1 Å². The molecule has 2 aromatic carbocycles. The first kappa shape index (κ1) is 11.9. The zero-order chi connectivity index (χ0) is 12.5. The monoisotopic (exact) mass is 226 g/mol. The van der Waals surface area contributed by atoms with Gasteiger partial charge in [0.25, 0.3) is 0 Å². The lowest BCUT2D eigenvalue weighted by Crippen LogP contribution is -2.14. The lowest BCUT2D eigenvalue weighted by Gasteiger charge is -2.17. The van der Waals surface area contributed by atoms with Crippen molar-refractivity contribution in [3.63, 3.8) is 0 Å². The Morgan fingerprint density at radius 2 is 1.18 bits per heavy atom. The SMILES string of the molecule is Cc1ccc(-c2ccc(C(C)(C)O)cc2)cc1. The number of rotatable bonds is 2. The summed E-state index contributed by atoms with van der Waals surface area (Å²) in [5, 5.41) is 9.89. The van der Waals surface area contributed by atoms with Gasteiger partial charge in [-0.15, -0.1) is 0 Å². The van der Waals surface area contributed by atoms with E-state index in [-0.39, 0.29) is 0 Å². The molecule has 0 fully saturated rings. The maximum absolute atomic E-state index is 9.89. The number of aliphatic hydroxyl groups is 1. The van der Waals surface area contributed by atoms with E-state index in [2.05, 4.69) is 43.3 Å². The van der Waals surface area contributed by atoms with Crippen molar-refractivity contribution in [2.45, 2.75) is 26.4 Å². The first-order chi connectivity index (χ1) is 7.97. The Bertz CT molecular complexity index is 487. The molecule has 0 amide bonds. The standard InChI is InChI=1S/C16H18O/c1-12-4-6-13(7-5-12)14-8-10-15(11-9-14)16(2,3)17/h4-11,17H,1-3H3. The maximum atomic E-state index is 9.89. The summed E-state index contributed by atoms with van der Waals surface area (Å²) in [6.45, 7) is 5.68. The van der Waals surface area contributed by atoms with Crippen molar-refractivity contribution >= 4 is 0 Å². The average molecular weight is 226 g/mol. The zero-order valence-corrected chi connectivity index (χ0v) is 10.6. The van der Waals surface area contributed by atoms with E-state index in [1.54, 1.807) is 13.8 Å². The Morgan fingerprint density at radius 1 is 0.765 bits per heavy atom. The molecule has 0 saturated carbocycles. The van der Waals surface area contributed by atoms with Crippen molar-refractivity contribution in [1.82, 2.24) is 0 Å². The second kappa shape index (κ2) is 4.34. The van der Waals surface area contributed by atoms with Crippen LogP contribution in [-0.4, -0.2) is 5.11 Å². The van der Waals surface area contributed by atoms with E-state index >= 15 is 0 Å². The van der Waals surface area contributed by atoms with E-state index in [0.29, 0.717) is 0 Å². The molecule has 17 heavy (non-hydrogen) atoms. The molecule has 0 aromatic heterocycles. The predicted molar refractivity (Wildman–Crippen MR) is 71.9 cm³/mol. The van der Waals surface area contributed by atoms with Gasteiger partial charge in [-0.3, -0.25) is 0 Å². The molecule has 2 aromatic rings. The fourth-order valence-electron chi connectivity index (χ4n) is 1.82. The zero-order valence-electron chi connectivity index (χ0n) is 10.6. The van der Waals surface area contributed by atoms with Gasteiger partial charge in [-0.05, 0) is 37.5 Å². The first-order valence-corrected chi connectivity index (χ1v) is 5.87. The highest BCUT2D eigenvalue weighted by Gasteiger charge is 2.15. The molecule has 1 heteroatoms. The van der Waals surface area contributed by atoms with Gasteiger partial charge in [0.15, 0.2) is 0 Å².